The maximum Gasteiger partial charge on any atom is 0.193 e. The lowest BCUT2D eigenvalue weighted by atomic mass is 10.0. The number of para-hydroxylation sites is 1. The normalized spacial score (nSPS) is 12.9. The average Bonchev–Trinajstić information content (AvgIpc) is 2.53. The van der Waals surface area contributed by atoms with Gasteiger partial charge in [0.25, 0.3) is 0 Å². The molecule has 0 bridgehead atoms. The maximum atomic E-state index is 9.43. The van der Waals surface area contributed by atoms with Crippen LogP contribution in [0.1, 0.15) is 5.69 Å². The summed E-state index contributed by atoms with van der Waals surface area (Å²) in [4.78, 5) is 8.54. The SMILES string of the molecule is NC(=NCC(CO)Cc1ccccn1)Nc1ccccc1. The lowest BCUT2D eigenvalue weighted by molar-refractivity contribution is 0.229. The third-order valence-electron chi connectivity index (χ3n) is 3.05. The van der Waals surface area contributed by atoms with E-state index in [1.807, 2.05) is 48.5 Å². The van der Waals surface area contributed by atoms with Gasteiger partial charge in [-0.25, -0.2) is 0 Å². The van der Waals surface area contributed by atoms with Gasteiger partial charge in [-0.3, -0.25) is 9.98 Å². The van der Waals surface area contributed by atoms with Gasteiger partial charge in [-0.05, 0) is 30.7 Å². The smallest absolute Gasteiger partial charge is 0.193 e. The van der Waals surface area contributed by atoms with Gasteiger partial charge in [0, 0.05) is 36.6 Å². The van der Waals surface area contributed by atoms with Crippen molar-refractivity contribution in [1.82, 2.24) is 4.98 Å². The van der Waals surface area contributed by atoms with Gasteiger partial charge in [0.1, 0.15) is 0 Å². The number of guanidine groups is 1. The first kappa shape index (κ1) is 15.0. The van der Waals surface area contributed by atoms with Crippen molar-refractivity contribution in [2.24, 2.45) is 16.6 Å². The number of anilines is 1. The van der Waals surface area contributed by atoms with Crippen LogP contribution in [0.15, 0.2) is 59.7 Å². The molecule has 110 valence electrons. The monoisotopic (exact) mass is 284 g/mol. The highest BCUT2D eigenvalue weighted by Crippen LogP contribution is 2.07. The van der Waals surface area contributed by atoms with Crippen LogP contribution < -0.4 is 11.1 Å². The number of aliphatic hydroxyl groups is 1. The molecule has 1 unspecified atom stereocenters. The zero-order chi connectivity index (χ0) is 14.9. The van der Waals surface area contributed by atoms with Crippen LogP contribution in [-0.2, 0) is 6.42 Å². The molecule has 0 fully saturated rings. The zero-order valence-electron chi connectivity index (χ0n) is 11.8. The predicted octanol–water partition coefficient (Wildman–Crippen LogP) is 1.66. The summed E-state index contributed by atoms with van der Waals surface area (Å²) in [6, 6.07) is 15.4. The minimum absolute atomic E-state index is 0.0102. The summed E-state index contributed by atoms with van der Waals surface area (Å²) in [7, 11) is 0. The fourth-order valence-electron chi connectivity index (χ4n) is 1.94. The van der Waals surface area contributed by atoms with Crippen LogP contribution in [-0.4, -0.2) is 29.2 Å². The molecule has 0 saturated carbocycles. The Kier molecular flexibility index (Phi) is 5.72. The van der Waals surface area contributed by atoms with Gasteiger partial charge in [0.15, 0.2) is 5.96 Å². The van der Waals surface area contributed by atoms with Crippen molar-refractivity contribution in [3.63, 3.8) is 0 Å². The van der Waals surface area contributed by atoms with E-state index in [4.69, 9.17) is 5.73 Å². The number of nitrogens with one attached hydrogen (secondary N) is 1. The molecule has 0 aliphatic rings. The second kappa shape index (κ2) is 8.01. The standard InChI is InChI=1S/C16H20N4O/c17-16(20-14-6-2-1-3-7-14)19-11-13(12-21)10-15-8-4-5-9-18-15/h1-9,13,21H,10-12H2,(H3,17,19,20). The summed E-state index contributed by atoms with van der Waals surface area (Å²) in [5.74, 6) is 0.358. The molecule has 1 aromatic carbocycles. The molecular weight excluding hydrogens is 264 g/mol. The van der Waals surface area contributed by atoms with Crippen molar-refractivity contribution in [2.45, 2.75) is 6.42 Å². The van der Waals surface area contributed by atoms with E-state index in [2.05, 4.69) is 15.3 Å². The largest absolute Gasteiger partial charge is 0.396 e. The van der Waals surface area contributed by atoms with E-state index < -0.39 is 0 Å². The molecule has 0 aliphatic heterocycles. The molecule has 1 heterocycles. The van der Waals surface area contributed by atoms with Gasteiger partial charge >= 0.3 is 0 Å². The molecular formula is C16H20N4O. The van der Waals surface area contributed by atoms with E-state index in [-0.39, 0.29) is 12.5 Å². The Morgan fingerprint density at radius 2 is 1.95 bits per heavy atom. The van der Waals surface area contributed by atoms with Crippen LogP contribution in [0.3, 0.4) is 0 Å². The summed E-state index contributed by atoms with van der Waals surface area (Å²) in [5.41, 5.74) is 7.68. The number of aliphatic hydroxyl groups excluding tert-OH is 1. The Morgan fingerprint density at radius 1 is 1.19 bits per heavy atom. The van der Waals surface area contributed by atoms with Crippen LogP contribution in [0.25, 0.3) is 0 Å². The van der Waals surface area contributed by atoms with Crippen molar-refractivity contribution < 1.29 is 5.11 Å². The Balaban J connectivity index is 1.88. The Morgan fingerprint density at radius 3 is 2.62 bits per heavy atom. The fraction of sp³-hybridized carbons (Fsp3) is 0.250. The summed E-state index contributed by atoms with van der Waals surface area (Å²) in [6.45, 7) is 0.511. The van der Waals surface area contributed by atoms with E-state index in [1.165, 1.54) is 0 Å². The third-order valence-corrected chi connectivity index (χ3v) is 3.05. The van der Waals surface area contributed by atoms with Crippen LogP contribution in [0.2, 0.25) is 0 Å². The van der Waals surface area contributed by atoms with Gasteiger partial charge < -0.3 is 16.2 Å². The van der Waals surface area contributed by atoms with Gasteiger partial charge in [-0.1, -0.05) is 24.3 Å². The number of rotatable bonds is 6. The molecule has 5 heteroatoms. The van der Waals surface area contributed by atoms with Gasteiger partial charge in [-0.15, -0.1) is 0 Å². The topological polar surface area (TPSA) is 83.5 Å². The second-order valence-electron chi connectivity index (χ2n) is 4.79. The van der Waals surface area contributed by atoms with E-state index >= 15 is 0 Å². The number of aromatic nitrogens is 1. The number of nitrogens with zero attached hydrogens (tertiary/aromatic N) is 2. The highest BCUT2D eigenvalue weighted by molar-refractivity contribution is 5.92. The molecule has 1 atom stereocenters. The van der Waals surface area contributed by atoms with Crippen molar-refractivity contribution in [2.75, 3.05) is 18.5 Å². The first-order valence-electron chi connectivity index (χ1n) is 6.90. The van der Waals surface area contributed by atoms with E-state index in [0.29, 0.717) is 18.9 Å². The minimum atomic E-state index is 0.0102. The zero-order valence-corrected chi connectivity index (χ0v) is 11.8. The molecule has 2 aromatic rings. The minimum Gasteiger partial charge on any atom is -0.396 e. The van der Waals surface area contributed by atoms with Gasteiger partial charge in [0.2, 0.25) is 0 Å². The molecule has 21 heavy (non-hydrogen) atoms. The Hall–Kier alpha value is -2.40. The van der Waals surface area contributed by atoms with Crippen molar-refractivity contribution in [1.29, 1.82) is 0 Å². The van der Waals surface area contributed by atoms with E-state index in [0.717, 1.165) is 11.4 Å². The molecule has 4 N–H and O–H groups in total. The maximum absolute atomic E-state index is 9.43. The molecule has 5 nitrogen and oxygen atoms in total. The van der Waals surface area contributed by atoms with Crippen molar-refractivity contribution in [3.05, 3.63) is 60.4 Å². The average molecular weight is 284 g/mol. The number of hydrogen-bond donors (Lipinski definition) is 3. The molecule has 0 spiro atoms. The molecule has 1 aromatic heterocycles. The van der Waals surface area contributed by atoms with Gasteiger partial charge in [0.05, 0.1) is 0 Å². The van der Waals surface area contributed by atoms with E-state index in [9.17, 15) is 5.11 Å². The van der Waals surface area contributed by atoms with Crippen LogP contribution >= 0.6 is 0 Å². The lowest BCUT2D eigenvalue weighted by Gasteiger charge is -2.12. The quantitative estimate of drug-likeness (QED) is 0.556. The Labute approximate surface area is 124 Å². The summed E-state index contributed by atoms with van der Waals surface area (Å²) < 4.78 is 0. The molecule has 0 amide bonds. The molecule has 0 radical (unpaired) electrons. The number of benzene rings is 1. The summed E-state index contributed by atoms with van der Waals surface area (Å²) >= 11 is 0. The molecule has 0 saturated heterocycles. The number of pyridine rings is 1. The van der Waals surface area contributed by atoms with Crippen LogP contribution in [0.4, 0.5) is 5.69 Å². The van der Waals surface area contributed by atoms with Crippen LogP contribution in [0.5, 0.6) is 0 Å². The van der Waals surface area contributed by atoms with Crippen molar-refractivity contribution >= 4 is 11.6 Å². The molecule has 2 rings (SSSR count). The first-order chi connectivity index (χ1) is 10.3. The summed E-state index contributed by atoms with van der Waals surface area (Å²) in [5, 5.41) is 12.4. The van der Waals surface area contributed by atoms with E-state index in [1.54, 1.807) is 6.20 Å². The first-order valence-corrected chi connectivity index (χ1v) is 6.90. The summed E-state index contributed by atoms with van der Waals surface area (Å²) in [6.07, 6.45) is 2.43. The highest BCUT2D eigenvalue weighted by Gasteiger charge is 2.09. The number of hydrogen-bond acceptors (Lipinski definition) is 3. The number of nitrogens with two attached hydrogens (primary N) is 1. The predicted molar refractivity (Wildman–Crippen MR) is 85.1 cm³/mol. The number of aliphatic imine (C=N–C) groups is 1. The Bertz CT molecular complexity index is 557. The highest BCUT2D eigenvalue weighted by atomic mass is 16.3. The van der Waals surface area contributed by atoms with Crippen molar-refractivity contribution in [3.8, 4) is 0 Å². The fourth-order valence-corrected chi connectivity index (χ4v) is 1.94. The van der Waals surface area contributed by atoms with Crippen LogP contribution in [0, 0.1) is 5.92 Å². The third kappa shape index (κ3) is 5.24. The van der Waals surface area contributed by atoms with Gasteiger partial charge in [-0.2, -0.15) is 0 Å². The second-order valence-corrected chi connectivity index (χ2v) is 4.79. The molecule has 0 aliphatic carbocycles. The lowest BCUT2D eigenvalue weighted by Crippen LogP contribution is -2.25.